The van der Waals surface area contributed by atoms with Crippen molar-refractivity contribution >= 4 is 38.5 Å². The van der Waals surface area contributed by atoms with Gasteiger partial charge < -0.3 is 9.64 Å². The molecular weight excluding hydrogens is 431 g/mol. The van der Waals surface area contributed by atoms with Crippen LogP contribution in [0.3, 0.4) is 0 Å². The van der Waals surface area contributed by atoms with Crippen molar-refractivity contribution in [2.24, 2.45) is 0 Å². The Morgan fingerprint density at radius 3 is 2.70 bits per heavy atom. The molecule has 128 valence electrons. The Morgan fingerprint density at radius 1 is 1.35 bits per heavy atom. The average molecular weight is 452 g/mol. The van der Waals surface area contributed by atoms with Gasteiger partial charge in [0, 0.05) is 22.7 Å². The van der Waals surface area contributed by atoms with Crippen molar-refractivity contribution in [1.82, 2.24) is 9.62 Å². The highest BCUT2D eigenvalue weighted by Gasteiger charge is 2.27. The van der Waals surface area contributed by atoms with Crippen LogP contribution < -0.4 is 9.46 Å². The molecule has 1 N–H and O–H groups in total. The number of benzene rings is 1. The van der Waals surface area contributed by atoms with Crippen LogP contribution in [0.5, 0.6) is 5.75 Å². The summed E-state index contributed by atoms with van der Waals surface area (Å²) in [5.74, 6) is 0.546. The molecule has 1 fully saturated rings. The number of nitrogens with one attached hydrogen (secondary N) is 1. The Bertz CT molecular complexity index is 633. The molecule has 1 amide bonds. The minimum atomic E-state index is -3.25. The van der Waals surface area contributed by atoms with Crippen molar-refractivity contribution in [3.63, 3.8) is 0 Å². The van der Waals surface area contributed by atoms with Gasteiger partial charge in [0.05, 0.1) is 6.26 Å². The van der Waals surface area contributed by atoms with Gasteiger partial charge in [-0.3, -0.25) is 4.79 Å². The highest BCUT2D eigenvalue weighted by atomic mass is 127. The number of hydrogen-bond donors (Lipinski definition) is 1. The number of piperidine rings is 1. The summed E-state index contributed by atoms with van der Waals surface area (Å²) in [6.45, 7) is 0.870. The van der Waals surface area contributed by atoms with Crippen LogP contribution in [-0.2, 0) is 14.8 Å². The molecule has 23 heavy (non-hydrogen) atoms. The van der Waals surface area contributed by atoms with Crippen LogP contribution in [0.4, 0.5) is 0 Å². The summed E-state index contributed by atoms with van der Waals surface area (Å²) in [6, 6.07) is 7.38. The number of carbonyl (C=O) groups is 1. The quantitative estimate of drug-likeness (QED) is 0.666. The van der Waals surface area contributed by atoms with E-state index in [1.165, 1.54) is 0 Å². The highest BCUT2D eigenvalue weighted by molar-refractivity contribution is 14.1. The molecule has 2 rings (SSSR count). The van der Waals surface area contributed by atoms with Gasteiger partial charge in [-0.25, -0.2) is 13.1 Å². The second-order valence-corrected chi connectivity index (χ2v) is 8.68. The summed E-state index contributed by atoms with van der Waals surface area (Å²) >= 11 is 2.20. The largest absolute Gasteiger partial charge is 0.484 e. The van der Waals surface area contributed by atoms with Crippen molar-refractivity contribution in [2.45, 2.75) is 25.3 Å². The zero-order valence-electron chi connectivity index (χ0n) is 13.0. The molecule has 1 saturated heterocycles. The molecule has 1 aliphatic heterocycles. The Hall–Kier alpha value is -0.870. The second kappa shape index (κ2) is 8.29. The van der Waals surface area contributed by atoms with E-state index in [0.717, 1.165) is 29.1 Å². The van der Waals surface area contributed by atoms with Crippen LogP contribution in [0.15, 0.2) is 24.3 Å². The molecule has 6 nitrogen and oxygen atoms in total. The molecule has 0 aromatic heterocycles. The molecule has 0 bridgehead atoms. The third-order valence-electron chi connectivity index (χ3n) is 3.70. The van der Waals surface area contributed by atoms with E-state index in [4.69, 9.17) is 4.74 Å². The fraction of sp³-hybridized carbons (Fsp3) is 0.533. The lowest BCUT2D eigenvalue weighted by Crippen LogP contribution is -2.50. The summed E-state index contributed by atoms with van der Waals surface area (Å²) in [4.78, 5) is 14.1. The van der Waals surface area contributed by atoms with Crippen molar-refractivity contribution in [3.05, 3.63) is 27.8 Å². The zero-order chi connectivity index (χ0) is 16.9. The van der Waals surface area contributed by atoms with E-state index in [-0.39, 0.29) is 25.1 Å². The van der Waals surface area contributed by atoms with E-state index in [0.29, 0.717) is 12.3 Å². The number of amides is 1. The molecule has 1 atom stereocenters. The molecule has 1 aliphatic rings. The van der Waals surface area contributed by atoms with Crippen molar-refractivity contribution in [1.29, 1.82) is 0 Å². The van der Waals surface area contributed by atoms with Gasteiger partial charge in [0.2, 0.25) is 10.0 Å². The van der Waals surface area contributed by atoms with Crippen LogP contribution in [0.1, 0.15) is 19.3 Å². The maximum atomic E-state index is 12.4. The van der Waals surface area contributed by atoms with E-state index in [2.05, 4.69) is 27.3 Å². The number of nitrogens with zero attached hydrogens (tertiary/aromatic N) is 1. The first kappa shape index (κ1) is 18.5. The van der Waals surface area contributed by atoms with Crippen LogP contribution in [-0.4, -0.2) is 51.2 Å². The fourth-order valence-electron chi connectivity index (χ4n) is 2.55. The van der Waals surface area contributed by atoms with Gasteiger partial charge in [0.15, 0.2) is 6.61 Å². The van der Waals surface area contributed by atoms with E-state index in [9.17, 15) is 13.2 Å². The van der Waals surface area contributed by atoms with Gasteiger partial charge in [0.1, 0.15) is 5.75 Å². The lowest BCUT2D eigenvalue weighted by atomic mass is 10.0. The first-order chi connectivity index (χ1) is 10.8. The van der Waals surface area contributed by atoms with Crippen LogP contribution in [0, 0.1) is 3.57 Å². The molecule has 8 heteroatoms. The smallest absolute Gasteiger partial charge is 0.260 e. The predicted molar refractivity (Wildman–Crippen MR) is 96.9 cm³/mol. The SMILES string of the molecule is CS(=O)(=O)NCC1CCCCN1C(=O)COc1ccc(I)cc1. The van der Waals surface area contributed by atoms with E-state index in [1.807, 2.05) is 24.3 Å². The van der Waals surface area contributed by atoms with Crippen LogP contribution in [0.25, 0.3) is 0 Å². The molecule has 1 aromatic carbocycles. The molecule has 0 saturated carbocycles. The first-order valence-corrected chi connectivity index (χ1v) is 10.4. The van der Waals surface area contributed by atoms with Crippen LogP contribution in [0.2, 0.25) is 0 Å². The first-order valence-electron chi connectivity index (χ1n) is 7.47. The van der Waals surface area contributed by atoms with Crippen LogP contribution >= 0.6 is 22.6 Å². The molecule has 1 unspecified atom stereocenters. The molecule has 0 radical (unpaired) electrons. The number of hydrogen-bond acceptors (Lipinski definition) is 4. The van der Waals surface area contributed by atoms with Gasteiger partial charge in [-0.2, -0.15) is 0 Å². The molecule has 0 spiro atoms. The van der Waals surface area contributed by atoms with E-state index in [1.54, 1.807) is 4.90 Å². The minimum Gasteiger partial charge on any atom is -0.484 e. The normalized spacial score (nSPS) is 18.7. The Balaban J connectivity index is 1.90. The number of carbonyl (C=O) groups excluding carboxylic acids is 1. The van der Waals surface area contributed by atoms with Gasteiger partial charge in [-0.15, -0.1) is 0 Å². The molecule has 1 aromatic rings. The van der Waals surface area contributed by atoms with Gasteiger partial charge in [-0.1, -0.05) is 0 Å². The lowest BCUT2D eigenvalue weighted by molar-refractivity contribution is -0.136. The Morgan fingerprint density at radius 2 is 2.04 bits per heavy atom. The summed E-state index contributed by atoms with van der Waals surface area (Å²) in [5, 5.41) is 0. The summed E-state index contributed by atoms with van der Waals surface area (Å²) < 4.78 is 31.6. The van der Waals surface area contributed by atoms with E-state index < -0.39 is 10.0 Å². The number of sulfonamides is 1. The number of likely N-dealkylation sites (tertiary alicyclic amines) is 1. The lowest BCUT2D eigenvalue weighted by Gasteiger charge is -2.35. The number of rotatable bonds is 6. The van der Waals surface area contributed by atoms with Gasteiger partial charge >= 0.3 is 0 Å². The second-order valence-electron chi connectivity index (χ2n) is 5.60. The summed E-state index contributed by atoms with van der Waals surface area (Å²) in [5.41, 5.74) is 0. The van der Waals surface area contributed by atoms with E-state index >= 15 is 0 Å². The topological polar surface area (TPSA) is 75.7 Å². The summed E-state index contributed by atoms with van der Waals surface area (Å²) in [6.07, 6.45) is 3.86. The van der Waals surface area contributed by atoms with Crippen molar-refractivity contribution < 1.29 is 17.9 Å². The molecule has 0 aliphatic carbocycles. The van der Waals surface area contributed by atoms with Crippen molar-refractivity contribution in [2.75, 3.05) is 26.0 Å². The summed E-state index contributed by atoms with van der Waals surface area (Å²) in [7, 11) is -3.25. The number of ether oxygens (including phenoxy) is 1. The highest BCUT2D eigenvalue weighted by Crippen LogP contribution is 2.18. The van der Waals surface area contributed by atoms with Crippen molar-refractivity contribution in [3.8, 4) is 5.75 Å². The molecular formula is C15H21IN2O4S. The minimum absolute atomic E-state index is 0.0318. The Kier molecular flexibility index (Phi) is 6.66. The maximum Gasteiger partial charge on any atom is 0.260 e. The maximum absolute atomic E-state index is 12.4. The zero-order valence-corrected chi connectivity index (χ0v) is 16.0. The Labute approximate surface area is 150 Å². The van der Waals surface area contributed by atoms with Gasteiger partial charge in [0.25, 0.3) is 5.91 Å². The third-order valence-corrected chi connectivity index (χ3v) is 5.11. The standard InChI is InChI=1S/C15H21IN2O4S/c1-23(20,21)17-10-13-4-2-3-9-18(13)15(19)11-22-14-7-5-12(16)6-8-14/h5-8,13,17H,2-4,9-11H2,1H3. The number of halogens is 1. The average Bonchev–Trinajstić information content (AvgIpc) is 2.52. The predicted octanol–water partition coefficient (Wildman–Crippen LogP) is 1.60. The molecule has 1 heterocycles. The monoisotopic (exact) mass is 452 g/mol. The fourth-order valence-corrected chi connectivity index (χ4v) is 3.40. The third kappa shape index (κ3) is 6.27. The van der Waals surface area contributed by atoms with Gasteiger partial charge in [-0.05, 0) is 66.1 Å².